The van der Waals surface area contributed by atoms with E-state index >= 15 is 0 Å². The van der Waals surface area contributed by atoms with Gasteiger partial charge in [-0.15, -0.1) is 0 Å². The number of thioether (sulfide) groups is 2. The molecular formula is C16H13NO4S2. The first kappa shape index (κ1) is 17.2. The second-order valence-electron chi connectivity index (χ2n) is 4.41. The molecule has 0 fully saturated rings. The van der Waals surface area contributed by atoms with Crippen LogP contribution in [-0.4, -0.2) is 25.2 Å². The van der Waals surface area contributed by atoms with Crippen molar-refractivity contribution in [2.24, 2.45) is 0 Å². The maximum atomic E-state index is 12.0. The number of nitrogens with zero attached hydrogens (tertiary/aromatic N) is 1. The van der Waals surface area contributed by atoms with Crippen molar-refractivity contribution in [3.8, 4) is 0 Å². The second kappa shape index (κ2) is 7.90. The molecule has 0 atom stereocenters. The van der Waals surface area contributed by atoms with Crippen LogP contribution in [0.2, 0.25) is 0 Å². The number of carbonyl (C=O) groups excluding carboxylic acids is 2. The highest BCUT2D eigenvalue weighted by molar-refractivity contribution is 8.24. The number of carbonyl (C=O) groups is 2. The maximum Gasteiger partial charge on any atom is 0.338 e. The molecule has 7 heteroatoms. The van der Waals surface area contributed by atoms with Crippen LogP contribution in [-0.2, 0) is 19.1 Å². The molecule has 1 aliphatic heterocycles. The summed E-state index contributed by atoms with van der Waals surface area (Å²) in [5.74, 6) is -1.30. The first-order chi connectivity index (χ1) is 11.0. The van der Waals surface area contributed by atoms with Gasteiger partial charge in [-0.1, -0.05) is 36.2 Å². The van der Waals surface area contributed by atoms with E-state index in [9.17, 15) is 9.59 Å². The minimum absolute atomic E-state index is 0.0519. The molecular weight excluding hydrogens is 334 g/mol. The maximum absolute atomic E-state index is 12.0. The van der Waals surface area contributed by atoms with Crippen molar-refractivity contribution in [1.82, 2.24) is 0 Å². The predicted octanol–water partition coefficient (Wildman–Crippen LogP) is 3.55. The smallest absolute Gasteiger partial charge is 0.338 e. The Morgan fingerprint density at radius 2 is 1.96 bits per heavy atom. The highest BCUT2D eigenvalue weighted by atomic mass is 32.2. The summed E-state index contributed by atoms with van der Waals surface area (Å²) >= 11 is 2.77. The topological polar surface area (TPSA) is 57.0 Å². The van der Waals surface area contributed by atoms with E-state index in [0.29, 0.717) is 4.24 Å². The molecule has 0 aliphatic carbocycles. The van der Waals surface area contributed by atoms with Gasteiger partial charge in [0.25, 0.3) is 5.70 Å². The number of benzene rings is 1. The number of ether oxygens (including phenoxy) is 2. The summed E-state index contributed by atoms with van der Waals surface area (Å²) in [7, 11) is 0. The van der Waals surface area contributed by atoms with Crippen LogP contribution in [0.15, 0.2) is 50.6 Å². The average molecular weight is 347 g/mol. The molecule has 23 heavy (non-hydrogen) atoms. The Balaban J connectivity index is 2.00. The van der Waals surface area contributed by atoms with Gasteiger partial charge in [0.15, 0.2) is 0 Å². The van der Waals surface area contributed by atoms with E-state index in [-0.39, 0.29) is 18.9 Å². The van der Waals surface area contributed by atoms with Crippen LogP contribution in [0.3, 0.4) is 0 Å². The Morgan fingerprint density at radius 1 is 1.26 bits per heavy atom. The normalized spacial score (nSPS) is 14.4. The predicted molar refractivity (Wildman–Crippen MR) is 88.6 cm³/mol. The van der Waals surface area contributed by atoms with E-state index in [0.717, 1.165) is 21.4 Å². The summed E-state index contributed by atoms with van der Waals surface area (Å²) in [4.78, 5) is 28.2. The summed E-state index contributed by atoms with van der Waals surface area (Å²) < 4.78 is 10.3. The minimum atomic E-state index is -0.714. The summed E-state index contributed by atoms with van der Waals surface area (Å²) in [5, 5.41) is 0. The summed E-state index contributed by atoms with van der Waals surface area (Å²) in [5.41, 5.74) is 1.07. The Labute approximate surface area is 142 Å². The van der Waals surface area contributed by atoms with Gasteiger partial charge in [-0.2, -0.15) is 0 Å². The standard InChI is InChI=1S/C16H13NO4S2/c1-4-13(18)20-7-8-21-15(19)14(17-3)16-22-11-6-5-10(2)9-12(11)23-16/h4-6,9H,1,7-8H2,2H3/b16-14-. The molecule has 0 N–H and O–H groups in total. The third-order valence-electron chi connectivity index (χ3n) is 2.73. The number of hydrogen-bond acceptors (Lipinski definition) is 6. The lowest BCUT2D eigenvalue weighted by Crippen LogP contribution is -2.13. The van der Waals surface area contributed by atoms with Crippen LogP contribution < -0.4 is 0 Å². The molecule has 1 aromatic carbocycles. The fraction of sp³-hybridized carbons (Fsp3) is 0.188. The zero-order chi connectivity index (χ0) is 16.8. The van der Waals surface area contributed by atoms with Gasteiger partial charge < -0.3 is 9.47 Å². The van der Waals surface area contributed by atoms with Crippen LogP contribution in [0.4, 0.5) is 0 Å². The molecule has 0 spiro atoms. The number of fused-ring (bicyclic) bond motifs is 1. The third-order valence-corrected chi connectivity index (χ3v) is 5.25. The van der Waals surface area contributed by atoms with Gasteiger partial charge >= 0.3 is 11.9 Å². The molecule has 0 saturated heterocycles. The lowest BCUT2D eigenvalue weighted by atomic mass is 10.2. The molecule has 1 heterocycles. The summed E-state index contributed by atoms with van der Waals surface area (Å²) in [6.07, 6.45) is 1.03. The molecule has 0 aromatic heterocycles. The van der Waals surface area contributed by atoms with Crippen LogP contribution in [0.1, 0.15) is 5.56 Å². The molecule has 0 unspecified atom stereocenters. The van der Waals surface area contributed by atoms with E-state index in [4.69, 9.17) is 16.0 Å². The minimum Gasteiger partial charge on any atom is -0.467 e. The lowest BCUT2D eigenvalue weighted by molar-refractivity contribution is -0.146. The van der Waals surface area contributed by atoms with Crippen LogP contribution >= 0.6 is 23.5 Å². The molecule has 118 valence electrons. The Morgan fingerprint density at radius 3 is 2.65 bits per heavy atom. The zero-order valence-corrected chi connectivity index (χ0v) is 14.0. The molecule has 1 aliphatic rings. The molecule has 0 saturated carbocycles. The lowest BCUT2D eigenvalue weighted by Gasteiger charge is -2.05. The van der Waals surface area contributed by atoms with E-state index in [1.165, 1.54) is 23.5 Å². The van der Waals surface area contributed by atoms with Crippen molar-refractivity contribution < 1.29 is 19.1 Å². The van der Waals surface area contributed by atoms with Crippen LogP contribution in [0.5, 0.6) is 0 Å². The van der Waals surface area contributed by atoms with E-state index in [1.54, 1.807) is 0 Å². The molecule has 0 bridgehead atoms. The first-order valence-corrected chi connectivity index (χ1v) is 8.23. The Bertz CT molecular complexity index is 734. The largest absolute Gasteiger partial charge is 0.467 e. The Hall–Kier alpha value is -2.17. The fourth-order valence-electron chi connectivity index (χ4n) is 1.68. The zero-order valence-electron chi connectivity index (χ0n) is 12.3. The number of esters is 2. The molecule has 1 aromatic rings. The summed E-state index contributed by atoms with van der Waals surface area (Å²) in [6, 6.07) is 5.97. The van der Waals surface area contributed by atoms with Gasteiger partial charge in [-0.25, -0.2) is 9.64 Å². The van der Waals surface area contributed by atoms with E-state index in [1.807, 2.05) is 25.1 Å². The van der Waals surface area contributed by atoms with Gasteiger partial charge in [0.1, 0.15) is 13.2 Å². The van der Waals surface area contributed by atoms with Crippen molar-refractivity contribution in [1.29, 1.82) is 0 Å². The van der Waals surface area contributed by atoms with Gasteiger partial charge in [0.05, 0.1) is 10.8 Å². The first-order valence-electron chi connectivity index (χ1n) is 6.59. The molecule has 5 nitrogen and oxygen atoms in total. The highest BCUT2D eigenvalue weighted by Gasteiger charge is 2.26. The van der Waals surface area contributed by atoms with Gasteiger partial charge in [-0.05, 0) is 24.6 Å². The fourth-order valence-corrected chi connectivity index (χ4v) is 4.19. The van der Waals surface area contributed by atoms with E-state index in [2.05, 4.69) is 11.4 Å². The summed E-state index contributed by atoms with van der Waals surface area (Å²) in [6.45, 7) is 12.3. The van der Waals surface area contributed by atoms with Crippen LogP contribution in [0.25, 0.3) is 4.85 Å². The van der Waals surface area contributed by atoms with Crippen molar-refractivity contribution in [3.63, 3.8) is 0 Å². The monoisotopic (exact) mass is 347 g/mol. The molecule has 2 rings (SSSR count). The third kappa shape index (κ3) is 4.41. The van der Waals surface area contributed by atoms with E-state index < -0.39 is 11.9 Å². The second-order valence-corrected chi connectivity index (χ2v) is 6.77. The van der Waals surface area contributed by atoms with Crippen molar-refractivity contribution in [2.75, 3.05) is 13.2 Å². The van der Waals surface area contributed by atoms with Gasteiger partial charge in [-0.3, -0.25) is 4.79 Å². The molecule has 0 radical (unpaired) electrons. The van der Waals surface area contributed by atoms with Crippen molar-refractivity contribution >= 4 is 35.5 Å². The number of rotatable bonds is 5. The van der Waals surface area contributed by atoms with Crippen molar-refractivity contribution in [3.05, 3.63) is 57.8 Å². The van der Waals surface area contributed by atoms with Crippen LogP contribution in [0, 0.1) is 13.5 Å². The van der Waals surface area contributed by atoms with Gasteiger partial charge in [0.2, 0.25) is 0 Å². The average Bonchev–Trinajstić information content (AvgIpc) is 2.94. The number of aryl methyl sites for hydroxylation is 1. The SMILES string of the molecule is [C-]#[N+]/C(C(=O)OCCOC(=O)C=C)=C1/Sc2ccc(C)cc2S1. The van der Waals surface area contributed by atoms with Gasteiger partial charge in [0, 0.05) is 15.9 Å². The highest BCUT2D eigenvalue weighted by Crippen LogP contribution is 2.52. The Kier molecular flexibility index (Phi) is 5.90. The quantitative estimate of drug-likeness (QED) is 0.351. The number of hydrogen-bond donors (Lipinski definition) is 0. The van der Waals surface area contributed by atoms with Crippen molar-refractivity contribution in [2.45, 2.75) is 16.7 Å². The molecule has 0 amide bonds.